The number of thioether (sulfide) groups is 1. The van der Waals surface area contributed by atoms with Gasteiger partial charge in [-0.3, -0.25) is 20.4 Å². The van der Waals surface area contributed by atoms with E-state index < -0.39 is 11.8 Å². The van der Waals surface area contributed by atoms with Crippen LogP contribution in [0, 0.1) is 13.8 Å². The van der Waals surface area contributed by atoms with Crippen LogP contribution in [0.4, 0.5) is 0 Å². The predicted octanol–water partition coefficient (Wildman–Crippen LogP) is 4.02. The summed E-state index contributed by atoms with van der Waals surface area (Å²) in [6.45, 7) is 5.02. The van der Waals surface area contributed by atoms with E-state index in [2.05, 4.69) is 20.8 Å². The molecule has 1 fully saturated rings. The molecule has 2 amide bonds. The first-order chi connectivity index (χ1) is 17.0. The summed E-state index contributed by atoms with van der Waals surface area (Å²) in [6.07, 6.45) is 2.00. The lowest BCUT2D eigenvalue weighted by Gasteiger charge is -2.15. The Hall–Kier alpha value is -3.43. The third-order valence-electron chi connectivity index (χ3n) is 5.42. The van der Waals surface area contributed by atoms with Crippen LogP contribution in [0.3, 0.4) is 0 Å². The number of amides is 2. The second-order valence-corrected chi connectivity index (χ2v) is 9.21. The van der Waals surface area contributed by atoms with Crippen LogP contribution >= 0.6 is 11.8 Å². The van der Waals surface area contributed by atoms with Gasteiger partial charge in [-0.1, -0.05) is 36.0 Å². The SMILES string of the molecule is Cc1cc(C)nc(SCc2ccc(C(=O)NNC(=O)c3ccccc3OCC3CCCO3)cc2)n1. The Morgan fingerprint density at radius 2 is 1.74 bits per heavy atom. The maximum Gasteiger partial charge on any atom is 0.273 e. The molecule has 2 aromatic carbocycles. The highest BCUT2D eigenvalue weighted by molar-refractivity contribution is 7.98. The maximum absolute atomic E-state index is 12.7. The highest BCUT2D eigenvalue weighted by atomic mass is 32.2. The molecule has 1 aromatic heterocycles. The van der Waals surface area contributed by atoms with Crippen LogP contribution in [0.2, 0.25) is 0 Å². The van der Waals surface area contributed by atoms with Crippen LogP contribution in [0.25, 0.3) is 0 Å². The van der Waals surface area contributed by atoms with Crippen molar-refractivity contribution in [1.82, 2.24) is 20.8 Å². The first-order valence-electron chi connectivity index (χ1n) is 11.5. The summed E-state index contributed by atoms with van der Waals surface area (Å²) in [6, 6.07) is 16.1. The largest absolute Gasteiger partial charge is 0.490 e. The molecule has 1 aliphatic rings. The van der Waals surface area contributed by atoms with Crippen molar-refractivity contribution in [3.05, 3.63) is 82.7 Å². The molecule has 9 heteroatoms. The second-order valence-electron chi connectivity index (χ2n) is 8.27. The Morgan fingerprint density at radius 3 is 2.46 bits per heavy atom. The van der Waals surface area contributed by atoms with Crippen molar-refractivity contribution in [2.45, 2.75) is 43.7 Å². The Balaban J connectivity index is 1.28. The summed E-state index contributed by atoms with van der Waals surface area (Å²) in [7, 11) is 0. The molecule has 1 atom stereocenters. The van der Waals surface area contributed by atoms with Crippen molar-refractivity contribution in [2.75, 3.05) is 13.2 Å². The molecule has 0 spiro atoms. The van der Waals surface area contributed by atoms with Gasteiger partial charge >= 0.3 is 0 Å². The van der Waals surface area contributed by atoms with Gasteiger partial charge in [0.05, 0.1) is 11.7 Å². The summed E-state index contributed by atoms with van der Waals surface area (Å²) in [5.41, 5.74) is 8.62. The Labute approximate surface area is 208 Å². The summed E-state index contributed by atoms with van der Waals surface area (Å²) < 4.78 is 11.4. The zero-order chi connectivity index (χ0) is 24.6. The van der Waals surface area contributed by atoms with E-state index in [-0.39, 0.29) is 6.10 Å². The summed E-state index contributed by atoms with van der Waals surface area (Å²) in [5, 5.41) is 0.729. The van der Waals surface area contributed by atoms with Gasteiger partial charge in [0.1, 0.15) is 12.4 Å². The van der Waals surface area contributed by atoms with Crippen LogP contribution < -0.4 is 15.6 Å². The van der Waals surface area contributed by atoms with Crippen LogP contribution in [0.5, 0.6) is 5.75 Å². The van der Waals surface area contributed by atoms with Gasteiger partial charge in [-0.05, 0) is 62.6 Å². The summed E-state index contributed by atoms with van der Waals surface area (Å²) in [4.78, 5) is 34.1. The standard InChI is InChI=1S/C26H28N4O4S/c1-17-14-18(2)28-26(27-17)35-16-19-9-11-20(12-10-19)24(31)29-30-25(32)22-7-3-4-8-23(22)34-15-21-6-5-13-33-21/h3-4,7-12,14,21H,5-6,13,15-16H2,1-2H3,(H,29,31)(H,30,32). The van der Waals surface area contributed by atoms with Gasteiger partial charge in [-0.2, -0.15) is 0 Å². The van der Waals surface area contributed by atoms with Crippen molar-refractivity contribution in [1.29, 1.82) is 0 Å². The number of nitrogens with zero attached hydrogens (tertiary/aromatic N) is 2. The fraction of sp³-hybridized carbons (Fsp3) is 0.308. The van der Waals surface area contributed by atoms with Crippen LogP contribution in [0.1, 0.15) is 50.5 Å². The van der Waals surface area contributed by atoms with Gasteiger partial charge in [0.15, 0.2) is 5.16 Å². The van der Waals surface area contributed by atoms with Crippen molar-refractivity contribution < 1.29 is 19.1 Å². The highest BCUT2D eigenvalue weighted by Crippen LogP contribution is 2.21. The van der Waals surface area contributed by atoms with Gasteiger partial charge in [0, 0.05) is 29.3 Å². The molecular formula is C26H28N4O4S. The molecule has 4 rings (SSSR count). The molecule has 0 radical (unpaired) electrons. The molecule has 2 N–H and O–H groups in total. The van der Waals surface area contributed by atoms with E-state index in [1.165, 1.54) is 0 Å². The topological polar surface area (TPSA) is 102 Å². The average molecular weight is 493 g/mol. The average Bonchev–Trinajstić information content (AvgIpc) is 3.38. The summed E-state index contributed by atoms with van der Waals surface area (Å²) >= 11 is 1.54. The minimum Gasteiger partial charge on any atom is -0.490 e. The summed E-state index contributed by atoms with van der Waals surface area (Å²) in [5.74, 6) is 0.268. The second kappa shape index (κ2) is 11.8. The normalized spacial score (nSPS) is 15.0. The highest BCUT2D eigenvalue weighted by Gasteiger charge is 2.18. The number of benzene rings is 2. The van der Waals surface area contributed by atoms with Crippen molar-refractivity contribution in [3.8, 4) is 5.75 Å². The van der Waals surface area contributed by atoms with E-state index in [0.29, 0.717) is 29.2 Å². The molecule has 1 aliphatic heterocycles. The number of carbonyl (C=O) groups is 2. The first-order valence-corrected chi connectivity index (χ1v) is 12.4. The lowest BCUT2D eigenvalue weighted by atomic mass is 10.1. The Kier molecular flexibility index (Phi) is 8.33. The lowest BCUT2D eigenvalue weighted by molar-refractivity contribution is 0.0669. The molecule has 3 aromatic rings. The van der Waals surface area contributed by atoms with Crippen molar-refractivity contribution in [3.63, 3.8) is 0 Å². The lowest BCUT2D eigenvalue weighted by Crippen LogP contribution is -2.41. The van der Waals surface area contributed by atoms with E-state index in [0.717, 1.165) is 41.6 Å². The minimum absolute atomic E-state index is 0.0423. The number of aromatic nitrogens is 2. The van der Waals surface area contributed by atoms with Crippen LogP contribution in [-0.4, -0.2) is 41.1 Å². The van der Waals surface area contributed by atoms with E-state index >= 15 is 0 Å². The number of ether oxygens (including phenoxy) is 2. The molecule has 2 heterocycles. The van der Waals surface area contributed by atoms with Crippen LogP contribution in [-0.2, 0) is 10.5 Å². The zero-order valence-electron chi connectivity index (χ0n) is 19.7. The maximum atomic E-state index is 12.7. The number of carbonyl (C=O) groups excluding carboxylic acids is 2. The van der Waals surface area contributed by atoms with Gasteiger partial charge in [0.25, 0.3) is 11.8 Å². The smallest absolute Gasteiger partial charge is 0.273 e. The zero-order valence-corrected chi connectivity index (χ0v) is 20.6. The predicted molar refractivity (Wildman–Crippen MR) is 133 cm³/mol. The van der Waals surface area contributed by atoms with Crippen molar-refractivity contribution >= 4 is 23.6 Å². The quantitative estimate of drug-likeness (QED) is 0.278. The third kappa shape index (κ3) is 7.03. The number of hydrogen-bond donors (Lipinski definition) is 2. The third-order valence-corrected chi connectivity index (χ3v) is 6.33. The molecule has 182 valence electrons. The number of aryl methyl sites for hydroxylation is 2. The van der Waals surface area contributed by atoms with Crippen molar-refractivity contribution in [2.24, 2.45) is 0 Å². The fourth-order valence-electron chi connectivity index (χ4n) is 3.65. The van der Waals surface area contributed by atoms with Gasteiger partial charge in [-0.25, -0.2) is 9.97 Å². The molecule has 0 bridgehead atoms. The monoisotopic (exact) mass is 492 g/mol. The van der Waals surface area contributed by atoms with Gasteiger partial charge in [-0.15, -0.1) is 0 Å². The van der Waals surface area contributed by atoms with E-state index in [4.69, 9.17) is 9.47 Å². The van der Waals surface area contributed by atoms with Gasteiger partial charge in [0.2, 0.25) is 0 Å². The molecule has 0 aliphatic carbocycles. The number of hydrazine groups is 1. The van der Waals surface area contributed by atoms with E-state index in [1.807, 2.05) is 32.0 Å². The molecule has 1 saturated heterocycles. The molecular weight excluding hydrogens is 464 g/mol. The number of para-hydroxylation sites is 1. The number of nitrogens with one attached hydrogen (secondary N) is 2. The molecule has 35 heavy (non-hydrogen) atoms. The van der Waals surface area contributed by atoms with Gasteiger partial charge < -0.3 is 9.47 Å². The first kappa shape index (κ1) is 24.7. The Morgan fingerprint density at radius 1 is 1.03 bits per heavy atom. The molecule has 1 unspecified atom stereocenters. The minimum atomic E-state index is -0.456. The molecule has 0 saturated carbocycles. The fourth-order valence-corrected chi connectivity index (χ4v) is 4.56. The molecule has 8 nitrogen and oxygen atoms in total. The van der Waals surface area contributed by atoms with E-state index in [1.54, 1.807) is 48.2 Å². The Bertz CT molecular complexity index is 1160. The number of rotatable bonds is 8. The van der Waals surface area contributed by atoms with Crippen LogP contribution in [0.15, 0.2) is 59.8 Å². The van der Waals surface area contributed by atoms with E-state index in [9.17, 15) is 9.59 Å². The number of hydrogen-bond acceptors (Lipinski definition) is 7.